The van der Waals surface area contributed by atoms with Crippen molar-refractivity contribution in [2.75, 3.05) is 39.8 Å². The van der Waals surface area contributed by atoms with Crippen molar-refractivity contribution in [3.05, 3.63) is 34.9 Å². The molecule has 1 atom stereocenters. The number of piperazine rings is 1. The predicted molar refractivity (Wildman–Crippen MR) is 110 cm³/mol. The molecule has 1 saturated heterocycles. The zero-order valence-corrected chi connectivity index (χ0v) is 18.1. The first kappa shape index (κ1) is 24.4. The second kappa shape index (κ2) is 11.0. The van der Waals surface area contributed by atoms with Crippen molar-refractivity contribution >= 4 is 6.03 Å². The normalized spacial score (nSPS) is 16.6. The van der Waals surface area contributed by atoms with Gasteiger partial charge in [0.15, 0.2) is 0 Å². The van der Waals surface area contributed by atoms with Crippen LogP contribution in [0.5, 0.6) is 0 Å². The molecule has 4 nitrogen and oxygen atoms in total. The van der Waals surface area contributed by atoms with Crippen molar-refractivity contribution < 1.29 is 22.4 Å². The fraction of sp³-hybridized carbons (Fsp3) is 0.682. The van der Waals surface area contributed by atoms with Crippen LogP contribution in [0.2, 0.25) is 0 Å². The van der Waals surface area contributed by atoms with E-state index in [1.165, 1.54) is 30.2 Å². The molecular formula is C22H33F4N3O. The fourth-order valence-electron chi connectivity index (χ4n) is 3.88. The number of hydrogen-bond donors (Lipinski definition) is 0. The minimum absolute atomic E-state index is 0.00399. The molecule has 8 heteroatoms. The molecule has 30 heavy (non-hydrogen) atoms. The Kier molecular flexibility index (Phi) is 8.94. The van der Waals surface area contributed by atoms with Gasteiger partial charge in [-0.25, -0.2) is 9.18 Å². The van der Waals surface area contributed by atoms with Crippen LogP contribution in [0.4, 0.5) is 22.4 Å². The molecule has 0 saturated carbocycles. The molecular weight excluding hydrogens is 398 g/mol. The zero-order valence-electron chi connectivity index (χ0n) is 18.1. The standard InChI is InChI=1S/C22H33F4N3O/c1-4-5-6-17(2)15-28-7-9-29(10-8-28)21(30)27(3)16-19-11-18(14-23)12-20(13-19)22(24,25)26/h11-13,17H,4-10,14-16H2,1-3H3. The van der Waals surface area contributed by atoms with E-state index in [2.05, 4.69) is 18.7 Å². The fourth-order valence-corrected chi connectivity index (χ4v) is 3.88. The molecule has 1 unspecified atom stereocenters. The molecule has 2 amide bonds. The van der Waals surface area contributed by atoms with E-state index < -0.39 is 18.4 Å². The van der Waals surface area contributed by atoms with Gasteiger partial charge in [-0.2, -0.15) is 13.2 Å². The lowest BCUT2D eigenvalue weighted by atomic mass is 10.0. The SMILES string of the molecule is CCCCC(C)CN1CCN(C(=O)N(C)Cc2cc(CF)cc(C(F)(F)F)c2)CC1. The minimum Gasteiger partial charge on any atom is -0.323 e. The van der Waals surface area contributed by atoms with E-state index >= 15 is 0 Å². The summed E-state index contributed by atoms with van der Waals surface area (Å²) in [6.45, 7) is 7.28. The lowest BCUT2D eigenvalue weighted by Gasteiger charge is -2.37. The van der Waals surface area contributed by atoms with Crippen LogP contribution < -0.4 is 0 Å². The average molecular weight is 432 g/mol. The third-order valence-corrected chi connectivity index (χ3v) is 5.54. The molecule has 1 heterocycles. The summed E-state index contributed by atoms with van der Waals surface area (Å²) in [6, 6.07) is 2.96. The van der Waals surface area contributed by atoms with E-state index in [0.29, 0.717) is 19.0 Å². The van der Waals surface area contributed by atoms with Gasteiger partial charge < -0.3 is 9.80 Å². The van der Waals surface area contributed by atoms with Gasteiger partial charge in [0, 0.05) is 46.3 Å². The van der Waals surface area contributed by atoms with Crippen LogP contribution in [0.1, 0.15) is 49.8 Å². The van der Waals surface area contributed by atoms with Gasteiger partial charge in [0.05, 0.1) is 5.56 Å². The van der Waals surface area contributed by atoms with E-state index in [1.54, 1.807) is 11.9 Å². The van der Waals surface area contributed by atoms with E-state index in [0.717, 1.165) is 31.8 Å². The highest BCUT2D eigenvalue weighted by atomic mass is 19.4. The number of halogens is 4. The number of unbranched alkanes of at least 4 members (excludes halogenated alkanes) is 1. The molecule has 170 valence electrons. The van der Waals surface area contributed by atoms with Crippen LogP contribution in [0.15, 0.2) is 18.2 Å². The Morgan fingerprint density at radius 1 is 1.13 bits per heavy atom. The molecule has 0 aliphatic carbocycles. The van der Waals surface area contributed by atoms with Crippen molar-refractivity contribution in [3.8, 4) is 0 Å². The van der Waals surface area contributed by atoms with Crippen LogP contribution in [-0.4, -0.2) is 60.5 Å². The molecule has 0 radical (unpaired) electrons. The summed E-state index contributed by atoms with van der Waals surface area (Å²) >= 11 is 0. The molecule has 0 spiro atoms. The largest absolute Gasteiger partial charge is 0.416 e. The number of rotatable bonds is 8. The van der Waals surface area contributed by atoms with E-state index in [-0.39, 0.29) is 23.7 Å². The Labute approximate surface area is 176 Å². The van der Waals surface area contributed by atoms with Gasteiger partial charge in [-0.05, 0) is 35.6 Å². The highest BCUT2D eigenvalue weighted by Gasteiger charge is 2.31. The smallest absolute Gasteiger partial charge is 0.323 e. The number of amides is 2. The summed E-state index contributed by atoms with van der Waals surface area (Å²) in [4.78, 5) is 18.2. The van der Waals surface area contributed by atoms with Crippen LogP contribution >= 0.6 is 0 Å². The highest BCUT2D eigenvalue weighted by Crippen LogP contribution is 2.31. The zero-order chi connectivity index (χ0) is 22.3. The Morgan fingerprint density at radius 2 is 1.77 bits per heavy atom. The Balaban J connectivity index is 1.91. The Bertz CT molecular complexity index is 687. The highest BCUT2D eigenvalue weighted by molar-refractivity contribution is 5.74. The molecule has 1 aromatic rings. The maximum Gasteiger partial charge on any atom is 0.416 e. The van der Waals surface area contributed by atoms with E-state index in [1.807, 2.05) is 0 Å². The van der Waals surface area contributed by atoms with Crippen LogP contribution in [0.25, 0.3) is 0 Å². The number of urea groups is 1. The molecule has 0 bridgehead atoms. The van der Waals surface area contributed by atoms with Gasteiger partial charge in [-0.3, -0.25) is 4.90 Å². The van der Waals surface area contributed by atoms with Crippen LogP contribution in [0, 0.1) is 5.92 Å². The van der Waals surface area contributed by atoms with E-state index in [4.69, 9.17) is 0 Å². The molecule has 1 aliphatic rings. The average Bonchev–Trinajstić information content (AvgIpc) is 2.71. The Hall–Kier alpha value is -1.83. The van der Waals surface area contributed by atoms with Gasteiger partial charge in [0.2, 0.25) is 0 Å². The van der Waals surface area contributed by atoms with Crippen LogP contribution in [-0.2, 0) is 19.4 Å². The molecule has 1 aromatic carbocycles. The van der Waals surface area contributed by atoms with Gasteiger partial charge in [0.1, 0.15) is 6.67 Å². The third-order valence-electron chi connectivity index (χ3n) is 5.54. The maximum absolute atomic E-state index is 13.1. The summed E-state index contributed by atoms with van der Waals surface area (Å²) in [7, 11) is 1.57. The third kappa shape index (κ3) is 7.15. The number of hydrogen-bond acceptors (Lipinski definition) is 2. The summed E-state index contributed by atoms with van der Waals surface area (Å²) in [5.41, 5.74) is -0.650. The topological polar surface area (TPSA) is 26.8 Å². The predicted octanol–water partition coefficient (Wildman–Crippen LogP) is 5.17. The first-order valence-electron chi connectivity index (χ1n) is 10.6. The number of benzene rings is 1. The molecule has 1 fully saturated rings. The minimum atomic E-state index is -4.55. The molecule has 0 N–H and O–H groups in total. The second-order valence-corrected chi connectivity index (χ2v) is 8.34. The number of carbonyl (C=O) groups excluding carboxylic acids is 1. The van der Waals surface area contributed by atoms with Gasteiger partial charge in [-0.1, -0.05) is 32.8 Å². The number of nitrogens with zero attached hydrogens (tertiary/aromatic N) is 3. The number of carbonyl (C=O) groups is 1. The van der Waals surface area contributed by atoms with Crippen molar-refractivity contribution in [1.82, 2.24) is 14.7 Å². The summed E-state index contributed by atoms with van der Waals surface area (Å²) in [5.74, 6) is 0.625. The molecule has 1 aliphatic heterocycles. The summed E-state index contributed by atoms with van der Waals surface area (Å²) in [6.07, 6.45) is -0.926. The van der Waals surface area contributed by atoms with Gasteiger partial charge in [-0.15, -0.1) is 0 Å². The van der Waals surface area contributed by atoms with Gasteiger partial charge >= 0.3 is 12.2 Å². The van der Waals surface area contributed by atoms with Crippen molar-refractivity contribution in [2.24, 2.45) is 5.92 Å². The lowest BCUT2D eigenvalue weighted by Crippen LogP contribution is -2.52. The van der Waals surface area contributed by atoms with Crippen LogP contribution in [0.3, 0.4) is 0 Å². The molecule has 0 aromatic heterocycles. The lowest BCUT2D eigenvalue weighted by molar-refractivity contribution is -0.137. The monoisotopic (exact) mass is 431 g/mol. The Morgan fingerprint density at radius 3 is 2.33 bits per heavy atom. The summed E-state index contributed by atoms with van der Waals surface area (Å²) in [5, 5.41) is 0. The first-order valence-corrected chi connectivity index (χ1v) is 10.6. The molecule has 2 rings (SSSR count). The van der Waals surface area contributed by atoms with Crippen molar-refractivity contribution in [1.29, 1.82) is 0 Å². The first-order chi connectivity index (χ1) is 14.1. The van der Waals surface area contributed by atoms with Crippen molar-refractivity contribution in [3.63, 3.8) is 0 Å². The van der Waals surface area contributed by atoms with Gasteiger partial charge in [0.25, 0.3) is 0 Å². The number of alkyl halides is 4. The summed E-state index contributed by atoms with van der Waals surface area (Å²) < 4.78 is 52.1. The quantitative estimate of drug-likeness (QED) is 0.531. The van der Waals surface area contributed by atoms with E-state index in [9.17, 15) is 22.4 Å². The van der Waals surface area contributed by atoms with Crippen molar-refractivity contribution in [2.45, 2.75) is 52.5 Å². The second-order valence-electron chi connectivity index (χ2n) is 8.34. The maximum atomic E-state index is 13.1.